The fraction of sp³-hybridized carbons (Fsp3) is 0.778. The van der Waals surface area contributed by atoms with Crippen LogP contribution in [0.5, 0.6) is 0 Å². The second-order valence-electron chi connectivity index (χ2n) is 12.0. The smallest absolute Gasteiger partial charge is 0.0615 e. The molecule has 30 heavy (non-hydrogen) atoms. The van der Waals surface area contributed by atoms with Crippen LogP contribution in [-0.4, -0.2) is 28.3 Å². The van der Waals surface area contributed by atoms with E-state index in [-0.39, 0.29) is 34.1 Å². The van der Waals surface area contributed by atoms with E-state index in [0.29, 0.717) is 0 Å². The van der Waals surface area contributed by atoms with Crippen LogP contribution in [0.3, 0.4) is 0 Å². The summed E-state index contributed by atoms with van der Waals surface area (Å²) in [4.78, 5) is 0. The molecule has 0 spiro atoms. The number of nitrogens with zero attached hydrogens (tertiary/aromatic N) is 1. The van der Waals surface area contributed by atoms with Gasteiger partial charge >= 0.3 is 0 Å². The van der Waals surface area contributed by atoms with Crippen molar-refractivity contribution in [3.05, 3.63) is 35.4 Å². The summed E-state index contributed by atoms with van der Waals surface area (Å²) in [6, 6.07) is 9.22. The number of hydroxylamine groups is 2. The monoisotopic (exact) mass is 416 g/mol. The summed E-state index contributed by atoms with van der Waals surface area (Å²) >= 11 is 0. The van der Waals surface area contributed by atoms with E-state index in [9.17, 15) is 5.21 Å². The summed E-state index contributed by atoms with van der Waals surface area (Å²) in [6.07, 6.45) is 5.02. The molecule has 3 heteroatoms. The highest BCUT2D eigenvalue weighted by molar-refractivity contribution is 5.32. The van der Waals surface area contributed by atoms with E-state index in [1.807, 2.05) is 27.7 Å². The Kier molecular flexibility index (Phi) is 7.54. The van der Waals surface area contributed by atoms with Crippen LogP contribution in [0.25, 0.3) is 0 Å². The second-order valence-corrected chi connectivity index (χ2v) is 12.0. The van der Waals surface area contributed by atoms with Gasteiger partial charge in [0.2, 0.25) is 0 Å². The van der Waals surface area contributed by atoms with Gasteiger partial charge in [-0.15, -0.1) is 10.3 Å². The van der Waals surface area contributed by atoms with Gasteiger partial charge in [0.25, 0.3) is 0 Å². The van der Waals surface area contributed by atoms with E-state index in [0.717, 1.165) is 32.1 Å². The predicted octanol–water partition coefficient (Wildman–Crippen LogP) is 7.20. The van der Waals surface area contributed by atoms with Crippen LogP contribution in [0.1, 0.15) is 112 Å². The Bertz CT molecular complexity index is 669. The minimum Gasteiger partial charge on any atom is -0.375 e. The van der Waals surface area contributed by atoms with Gasteiger partial charge in [0, 0.05) is 11.1 Å². The molecular formula is C27H46NO2. The van der Waals surface area contributed by atoms with Crippen LogP contribution in [0.4, 0.5) is 0 Å². The van der Waals surface area contributed by atoms with Crippen molar-refractivity contribution in [3.8, 4) is 0 Å². The number of hydrogen-bond donors (Lipinski definition) is 0. The van der Waals surface area contributed by atoms with Gasteiger partial charge in [0.1, 0.15) is 0 Å². The van der Waals surface area contributed by atoms with Crippen molar-refractivity contribution < 1.29 is 9.94 Å². The first-order chi connectivity index (χ1) is 13.6. The third-order valence-electron chi connectivity index (χ3n) is 7.46. The van der Waals surface area contributed by atoms with Crippen LogP contribution < -0.4 is 0 Å². The van der Waals surface area contributed by atoms with Gasteiger partial charge in [-0.3, -0.25) is 0 Å². The number of rotatable bonds is 8. The molecule has 0 amide bonds. The van der Waals surface area contributed by atoms with E-state index in [4.69, 9.17) is 4.74 Å². The molecule has 1 fully saturated rings. The van der Waals surface area contributed by atoms with E-state index in [1.54, 1.807) is 0 Å². The maximum absolute atomic E-state index is 12.7. The van der Waals surface area contributed by atoms with Crippen molar-refractivity contribution in [1.82, 2.24) is 5.06 Å². The number of ether oxygens (including phenoxy) is 1. The van der Waals surface area contributed by atoms with Gasteiger partial charge in [-0.2, -0.15) is 0 Å². The highest BCUT2D eigenvalue weighted by Crippen LogP contribution is 2.40. The predicted molar refractivity (Wildman–Crippen MR) is 126 cm³/mol. The quantitative estimate of drug-likeness (QED) is 0.448. The zero-order valence-corrected chi connectivity index (χ0v) is 21.3. The van der Waals surface area contributed by atoms with Crippen LogP contribution in [0, 0.1) is 0 Å². The molecule has 171 valence electrons. The minimum absolute atomic E-state index is 0.0415. The topological polar surface area (TPSA) is 32.4 Å². The Morgan fingerprint density at radius 2 is 1.37 bits per heavy atom. The Hall–Kier alpha value is -0.900. The first-order valence-corrected chi connectivity index (χ1v) is 11.9. The van der Waals surface area contributed by atoms with Gasteiger partial charge in [0.15, 0.2) is 0 Å². The summed E-state index contributed by atoms with van der Waals surface area (Å²) in [5.74, 6) is 0. The molecule has 0 bridgehead atoms. The van der Waals surface area contributed by atoms with Gasteiger partial charge in [0.05, 0.1) is 12.2 Å². The van der Waals surface area contributed by atoms with Crippen molar-refractivity contribution >= 4 is 0 Å². The fourth-order valence-electron chi connectivity index (χ4n) is 5.09. The van der Waals surface area contributed by atoms with Crippen LogP contribution in [0.2, 0.25) is 0 Å². The highest BCUT2D eigenvalue weighted by atomic mass is 16.5. The minimum atomic E-state index is -0.387. The standard InChI is InChI=1S/C27H46NO2/c1-11-22(30-23-18-26(7,8)28(29)27(9,10)19-23)17-25(5,6)21-15-13-20(14-16-21)24(3,4)12-2/h13-16,22-23H,11-12,17-19H2,1-10H3. The molecule has 1 aliphatic rings. The van der Waals surface area contributed by atoms with Crippen LogP contribution in [0.15, 0.2) is 24.3 Å². The lowest BCUT2D eigenvalue weighted by molar-refractivity contribution is -0.303. The summed E-state index contributed by atoms with van der Waals surface area (Å²) in [6.45, 7) is 21.9. The molecule has 1 aliphatic heterocycles. The van der Waals surface area contributed by atoms with Crippen LogP contribution >= 0.6 is 0 Å². The largest absolute Gasteiger partial charge is 0.375 e. The Morgan fingerprint density at radius 3 is 1.77 bits per heavy atom. The SMILES string of the molecule is CCC(CC(C)(C)c1ccc(C(C)(C)CC)cc1)OC1CC(C)(C)N([O])C(C)(C)C1. The first kappa shape index (κ1) is 25.4. The molecule has 1 aromatic carbocycles. The number of hydrogen-bond acceptors (Lipinski definition) is 2. The molecule has 0 aromatic heterocycles. The second kappa shape index (κ2) is 8.92. The molecule has 1 aromatic rings. The summed E-state index contributed by atoms with van der Waals surface area (Å²) in [5, 5.41) is 13.9. The third-order valence-corrected chi connectivity index (χ3v) is 7.46. The summed E-state index contributed by atoms with van der Waals surface area (Å²) < 4.78 is 6.65. The molecule has 2 rings (SSSR count). The van der Waals surface area contributed by atoms with Crippen molar-refractivity contribution in [2.75, 3.05) is 0 Å². The van der Waals surface area contributed by atoms with Gasteiger partial charge < -0.3 is 4.74 Å². The molecule has 0 saturated carbocycles. The molecule has 1 heterocycles. The van der Waals surface area contributed by atoms with E-state index in [1.165, 1.54) is 16.2 Å². The summed E-state index contributed by atoms with van der Waals surface area (Å²) in [7, 11) is 0. The third kappa shape index (κ3) is 5.66. The summed E-state index contributed by atoms with van der Waals surface area (Å²) in [5.41, 5.74) is 2.26. The maximum Gasteiger partial charge on any atom is 0.0615 e. The maximum atomic E-state index is 12.7. The van der Waals surface area contributed by atoms with Crippen molar-refractivity contribution in [3.63, 3.8) is 0 Å². The first-order valence-electron chi connectivity index (χ1n) is 11.9. The van der Waals surface area contributed by atoms with Gasteiger partial charge in [-0.25, -0.2) is 0 Å². The van der Waals surface area contributed by atoms with Crippen LogP contribution in [-0.2, 0) is 20.8 Å². The average Bonchev–Trinajstić information content (AvgIpc) is 2.65. The molecule has 0 aliphatic carbocycles. The number of piperidine rings is 1. The molecular weight excluding hydrogens is 370 g/mol. The van der Waals surface area contributed by atoms with Gasteiger partial charge in [-0.05, 0) is 81.8 Å². The zero-order valence-electron chi connectivity index (χ0n) is 21.3. The zero-order chi connectivity index (χ0) is 23.0. The van der Waals surface area contributed by atoms with Crippen molar-refractivity contribution in [2.24, 2.45) is 0 Å². The fourth-order valence-corrected chi connectivity index (χ4v) is 5.09. The van der Waals surface area contributed by atoms with E-state index in [2.05, 4.69) is 65.8 Å². The lowest BCUT2D eigenvalue weighted by Crippen LogP contribution is -2.60. The van der Waals surface area contributed by atoms with E-state index < -0.39 is 0 Å². The van der Waals surface area contributed by atoms with E-state index >= 15 is 0 Å². The highest BCUT2D eigenvalue weighted by Gasteiger charge is 2.47. The normalized spacial score (nSPS) is 21.6. The molecule has 1 saturated heterocycles. The lowest BCUT2D eigenvalue weighted by atomic mass is 9.76. The Balaban J connectivity index is 2.11. The van der Waals surface area contributed by atoms with Gasteiger partial charge in [-0.1, -0.05) is 65.8 Å². The molecule has 3 nitrogen and oxygen atoms in total. The average molecular weight is 417 g/mol. The molecule has 0 N–H and O–H groups in total. The van der Waals surface area contributed by atoms with Crippen molar-refractivity contribution in [2.45, 2.75) is 135 Å². The lowest BCUT2D eigenvalue weighted by Gasteiger charge is -2.50. The Labute approximate surface area is 186 Å². The molecule has 1 radical (unpaired) electrons. The number of benzene rings is 1. The Morgan fingerprint density at radius 1 is 0.933 bits per heavy atom. The molecule has 1 atom stereocenters. The molecule has 1 unspecified atom stereocenters. The van der Waals surface area contributed by atoms with Crippen molar-refractivity contribution in [1.29, 1.82) is 0 Å².